The summed E-state index contributed by atoms with van der Waals surface area (Å²) in [4.78, 5) is 0. The third-order valence-electron chi connectivity index (χ3n) is 2.82. The fourth-order valence-electron chi connectivity index (χ4n) is 1.84. The van der Waals surface area contributed by atoms with E-state index in [-0.39, 0.29) is 6.04 Å². The van der Waals surface area contributed by atoms with Gasteiger partial charge in [-0.3, -0.25) is 4.68 Å². The minimum Gasteiger partial charge on any atom is -0.383 e. The molecule has 1 unspecified atom stereocenters. The van der Waals surface area contributed by atoms with Gasteiger partial charge in [0.2, 0.25) is 0 Å². The van der Waals surface area contributed by atoms with Gasteiger partial charge in [-0.15, -0.1) is 0 Å². The fourth-order valence-corrected chi connectivity index (χ4v) is 2.08. The Kier molecular flexibility index (Phi) is 6.55. The number of ether oxygens (including phenoxy) is 1. The highest BCUT2D eigenvalue weighted by Crippen LogP contribution is 2.18. The summed E-state index contributed by atoms with van der Waals surface area (Å²) in [5.41, 5.74) is 7.07. The first-order valence-electron chi connectivity index (χ1n) is 6.13. The van der Waals surface area contributed by atoms with Crippen molar-refractivity contribution in [2.24, 2.45) is 5.73 Å². The van der Waals surface area contributed by atoms with Gasteiger partial charge in [0, 0.05) is 13.2 Å². The van der Waals surface area contributed by atoms with Gasteiger partial charge in [-0.05, 0) is 19.3 Å². The number of hydrogen-bond donors (Lipinski definition) is 1. The predicted octanol–water partition coefficient (Wildman–Crippen LogP) is 2.24. The third kappa shape index (κ3) is 4.66. The first-order chi connectivity index (χ1) is 8.19. The highest BCUT2D eigenvalue weighted by atomic mass is 35.5. The Hall–Kier alpha value is -0.580. The molecule has 0 aliphatic rings. The number of nitrogens with zero attached hydrogens (tertiary/aromatic N) is 2. The minimum absolute atomic E-state index is 0.252. The van der Waals surface area contributed by atoms with E-state index in [9.17, 15) is 0 Å². The van der Waals surface area contributed by atoms with Crippen LogP contribution in [0, 0.1) is 0 Å². The van der Waals surface area contributed by atoms with Crippen molar-refractivity contribution < 1.29 is 4.74 Å². The first-order valence-corrected chi connectivity index (χ1v) is 6.51. The lowest BCUT2D eigenvalue weighted by atomic mass is 10.1. The standard InChI is InChI=1S/C12H22ClN3O/c1-3-4-10(14)5-6-12-11(13)9-15-16(12)7-8-17-2/h9-10H,3-8,14H2,1-2H3. The number of rotatable bonds is 8. The molecule has 0 saturated carbocycles. The second-order valence-electron chi connectivity index (χ2n) is 4.24. The van der Waals surface area contributed by atoms with Crippen LogP contribution in [0.3, 0.4) is 0 Å². The molecular weight excluding hydrogens is 238 g/mol. The van der Waals surface area contributed by atoms with E-state index in [0.717, 1.165) is 42.9 Å². The van der Waals surface area contributed by atoms with Crippen LogP contribution in [0.1, 0.15) is 31.9 Å². The third-order valence-corrected chi connectivity index (χ3v) is 3.13. The van der Waals surface area contributed by atoms with Crippen molar-refractivity contribution in [1.82, 2.24) is 9.78 Å². The first kappa shape index (κ1) is 14.5. The largest absolute Gasteiger partial charge is 0.383 e. The summed E-state index contributed by atoms with van der Waals surface area (Å²) in [7, 11) is 1.68. The average molecular weight is 260 g/mol. The molecule has 0 fully saturated rings. The van der Waals surface area contributed by atoms with E-state index in [2.05, 4.69) is 12.0 Å². The summed E-state index contributed by atoms with van der Waals surface area (Å²) in [5, 5.41) is 4.97. The van der Waals surface area contributed by atoms with Crippen LogP contribution < -0.4 is 5.73 Å². The van der Waals surface area contributed by atoms with Crippen molar-refractivity contribution in [1.29, 1.82) is 0 Å². The summed E-state index contributed by atoms with van der Waals surface area (Å²) in [6, 6.07) is 0.252. The van der Waals surface area contributed by atoms with Gasteiger partial charge in [-0.2, -0.15) is 5.10 Å². The maximum Gasteiger partial charge on any atom is 0.0817 e. The van der Waals surface area contributed by atoms with Gasteiger partial charge in [-0.25, -0.2) is 0 Å². The minimum atomic E-state index is 0.252. The molecule has 1 aromatic rings. The van der Waals surface area contributed by atoms with Crippen molar-refractivity contribution in [2.75, 3.05) is 13.7 Å². The summed E-state index contributed by atoms with van der Waals surface area (Å²) in [5.74, 6) is 0. The highest BCUT2D eigenvalue weighted by molar-refractivity contribution is 6.31. The van der Waals surface area contributed by atoms with Gasteiger partial charge in [0.1, 0.15) is 0 Å². The Labute approximate surface area is 108 Å². The number of hydrogen-bond acceptors (Lipinski definition) is 3. The average Bonchev–Trinajstić information content (AvgIpc) is 2.65. The van der Waals surface area contributed by atoms with Crippen molar-refractivity contribution >= 4 is 11.6 Å². The molecule has 0 aliphatic carbocycles. The van der Waals surface area contributed by atoms with E-state index in [4.69, 9.17) is 22.1 Å². The molecule has 17 heavy (non-hydrogen) atoms. The van der Waals surface area contributed by atoms with Gasteiger partial charge in [0.15, 0.2) is 0 Å². The number of aromatic nitrogens is 2. The van der Waals surface area contributed by atoms with Gasteiger partial charge >= 0.3 is 0 Å². The Morgan fingerprint density at radius 1 is 1.53 bits per heavy atom. The summed E-state index contributed by atoms with van der Waals surface area (Å²) >= 11 is 6.12. The summed E-state index contributed by atoms with van der Waals surface area (Å²) in [6.07, 6.45) is 5.70. The highest BCUT2D eigenvalue weighted by Gasteiger charge is 2.10. The van der Waals surface area contributed by atoms with E-state index >= 15 is 0 Å². The topological polar surface area (TPSA) is 53.1 Å². The van der Waals surface area contributed by atoms with Crippen LogP contribution in [0.5, 0.6) is 0 Å². The molecule has 0 saturated heterocycles. The molecule has 2 N–H and O–H groups in total. The van der Waals surface area contributed by atoms with Gasteiger partial charge in [0.05, 0.1) is 30.1 Å². The van der Waals surface area contributed by atoms with Crippen LogP contribution in [-0.2, 0) is 17.7 Å². The Balaban J connectivity index is 2.53. The smallest absolute Gasteiger partial charge is 0.0817 e. The lowest BCUT2D eigenvalue weighted by Gasteiger charge is -2.11. The van der Waals surface area contributed by atoms with Crippen molar-refractivity contribution in [2.45, 2.75) is 45.2 Å². The molecular formula is C12H22ClN3O. The summed E-state index contributed by atoms with van der Waals surface area (Å²) in [6.45, 7) is 3.53. The molecule has 0 aliphatic heterocycles. The quantitative estimate of drug-likeness (QED) is 0.779. The molecule has 5 heteroatoms. The van der Waals surface area contributed by atoms with Crippen LogP contribution >= 0.6 is 11.6 Å². The second-order valence-corrected chi connectivity index (χ2v) is 4.65. The molecule has 1 aromatic heterocycles. The lowest BCUT2D eigenvalue weighted by Crippen LogP contribution is -2.21. The molecule has 1 heterocycles. The fraction of sp³-hybridized carbons (Fsp3) is 0.750. The molecule has 98 valence electrons. The molecule has 0 spiro atoms. The monoisotopic (exact) mass is 259 g/mol. The molecule has 1 rings (SSSR count). The SMILES string of the molecule is CCCC(N)CCc1c(Cl)cnn1CCOC. The van der Waals surface area contributed by atoms with Crippen LogP contribution in [0.2, 0.25) is 5.02 Å². The second kappa shape index (κ2) is 7.69. The molecule has 0 bridgehead atoms. The number of methoxy groups -OCH3 is 1. The molecule has 0 radical (unpaired) electrons. The molecule has 0 amide bonds. The van der Waals surface area contributed by atoms with Crippen molar-refractivity contribution in [3.63, 3.8) is 0 Å². The maximum absolute atomic E-state index is 6.12. The van der Waals surface area contributed by atoms with E-state index in [1.807, 2.05) is 4.68 Å². The number of nitrogens with two attached hydrogens (primary N) is 1. The predicted molar refractivity (Wildman–Crippen MR) is 70.3 cm³/mol. The Morgan fingerprint density at radius 2 is 2.29 bits per heavy atom. The van der Waals surface area contributed by atoms with Crippen molar-refractivity contribution in [3.05, 3.63) is 16.9 Å². The maximum atomic E-state index is 6.12. The lowest BCUT2D eigenvalue weighted by molar-refractivity contribution is 0.182. The van der Waals surface area contributed by atoms with Gasteiger partial charge in [0.25, 0.3) is 0 Å². The van der Waals surface area contributed by atoms with Gasteiger partial charge in [-0.1, -0.05) is 24.9 Å². The Bertz CT molecular complexity index is 328. The van der Waals surface area contributed by atoms with E-state index in [1.54, 1.807) is 13.3 Å². The van der Waals surface area contributed by atoms with Crippen LogP contribution in [0.4, 0.5) is 0 Å². The van der Waals surface area contributed by atoms with Crippen LogP contribution in [-0.4, -0.2) is 29.5 Å². The zero-order chi connectivity index (χ0) is 12.7. The number of halogens is 1. The van der Waals surface area contributed by atoms with E-state index < -0.39 is 0 Å². The van der Waals surface area contributed by atoms with Crippen molar-refractivity contribution in [3.8, 4) is 0 Å². The Morgan fingerprint density at radius 3 is 2.94 bits per heavy atom. The van der Waals surface area contributed by atoms with Crippen LogP contribution in [0.15, 0.2) is 6.20 Å². The van der Waals surface area contributed by atoms with Gasteiger partial charge < -0.3 is 10.5 Å². The van der Waals surface area contributed by atoms with E-state index in [1.165, 1.54) is 0 Å². The molecule has 0 aromatic carbocycles. The molecule has 4 nitrogen and oxygen atoms in total. The molecule has 1 atom stereocenters. The normalized spacial score (nSPS) is 12.9. The van der Waals surface area contributed by atoms with Crippen LogP contribution in [0.25, 0.3) is 0 Å². The zero-order valence-corrected chi connectivity index (χ0v) is 11.4. The van der Waals surface area contributed by atoms with E-state index in [0.29, 0.717) is 6.61 Å². The summed E-state index contributed by atoms with van der Waals surface area (Å²) < 4.78 is 6.95. The zero-order valence-electron chi connectivity index (χ0n) is 10.7.